The number of para-hydroxylation sites is 1. The molecule has 0 bridgehead atoms. The molecule has 0 amide bonds. The van der Waals surface area contributed by atoms with Gasteiger partial charge < -0.3 is 9.15 Å². The van der Waals surface area contributed by atoms with Crippen LogP contribution in [0.5, 0.6) is 5.75 Å². The third-order valence-corrected chi connectivity index (χ3v) is 7.15. The van der Waals surface area contributed by atoms with Gasteiger partial charge in [0.15, 0.2) is 0 Å². The van der Waals surface area contributed by atoms with Crippen LogP contribution in [0.2, 0.25) is 0 Å². The van der Waals surface area contributed by atoms with E-state index >= 15 is 0 Å². The van der Waals surface area contributed by atoms with Gasteiger partial charge >= 0.3 is 0 Å². The van der Waals surface area contributed by atoms with Gasteiger partial charge in [-0.05, 0) is 62.1 Å². The fraction of sp³-hybridized carbons (Fsp3) is 0.217. The first-order valence-corrected chi connectivity index (χ1v) is 10.8. The number of ether oxygens (including phenoxy) is 1. The molecule has 4 rings (SSSR count). The van der Waals surface area contributed by atoms with Crippen molar-refractivity contribution in [2.24, 2.45) is 0 Å². The third kappa shape index (κ3) is 3.13. The van der Waals surface area contributed by atoms with Gasteiger partial charge in [-0.3, -0.25) is 4.72 Å². The first-order valence-electron chi connectivity index (χ1n) is 9.32. The van der Waals surface area contributed by atoms with Crippen molar-refractivity contribution in [1.82, 2.24) is 0 Å². The molecule has 6 heteroatoms. The summed E-state index contributed by atoms with van der Waals surface area (Å²) in [5.74, 6) is 0.437. The van der Waals surface area contributed by atoms with Crippen LogP contribution in [0.3, 0.4) is 0 Å². The van der Waals surface area contributed by atoms with Crippen molar-refractivity contribution in [3.63, 3.8) is 0 Å². The number of rotatable bonds is 4. The van der Waals surface area contributed by atoms with E-state index in [0.717, 1.165) is 38.6 Å². The Kier molecular flexibility index (Phi) is 4.54. The molecule has 1 aromatic heterocycles. The summed E-state index contributed by atoms with van der Waals surface area (Å²) >= 11 is 0. The average molecular weight is 410 g/mol. The van der Waals surface area contributed by atoms with E-state index < -0.39 is 10.0 Å². The van der Waals surface area contributed by atoms with Crippen LogP contribution in [-0.2, 0) is 10.0 Å². The zero-order valence-electron chi connectivity index (χ0n) is 17.1. The average Bonchev–Trinajstić information content (AvgIpc) is 3.02. The van der Waals surface area contributed by atoms with Gasteiger partial charge in [0.25, 0.3) is 10.0 Å². The molecule has 5 nitrogen and oxygen atoms in total. The van der Waals surface area contributed by atoms with E-state index in [2.05, 4.69) is 4.72 Å². The Morgan fingerprint density at radius 2 is 1.52 bits per heavy atom. The van der Waals surface area contributed by atoms with E-state index in [4.69, 9.17) is 9.15 Å². The lowest BCUT2D eigenvalue weighted by Crippen LogP contribution is -2.17. The standard InChI is InChI=1S/C23H23NO4S/c1-13-10-14(2)16(4)23(15(13)3)29(25,26)24-19-12-21-18(11-22(19)27-5)17-8-6-7-9-20(17)28-21/h6-12,24H,1-5H3. The molecule has 0 saturated carbocycles. The number of furan rings is 1. The molecule has 0 radical (unpaired) electrons. The lowest BCUT2D eigenvalue weighted by molar-refractivity contribution is 0.417. The van der Waals surface area contributed by atoms with E-state index in [0.29, 0.717) is 21.9 Å². The molecule has 0 atom stereocenters. The largest absolute Gasteiger partial charge is 0.495 e. The van der Waals surface area contributed by atoms with Gasteiger partial charge in [0.2, 0.25) is 0 Å². The topological polar surface area (TPSA) is 68.5 Å². The number of anilines is 1. The molecule has 3 aromatic carbocycles. The molecule has 150 valence electrons. The molecular formula is C23H23NO4S. The van der Waals surface area contributed by atoms with Gasteiger partial charge in [0.1, 0.15) is 16.9 Å². The molecule has 1 heterocycles. The van der Waals surface area contributed by atoms with Gasteiger partial charge in [0.05, 0.1) is 17.7 Å². The normalized spacial score (nSPS) is 11.9. The van der Waals surface area contributed by atoms with E-state index in [-0.39, 0.29) is 0 Å². The summed E-state index contributed by atoms with van der Waals surface area (Å²) in [5.41, 5.74) is 5.04. The molecule has 0 aliphatic carbocycles. The number of methoxy groups -OCH3 is 1. The summed E-state index contributed by atoms with van der Waals surface area (Å²) < 4.78 is 40.8. The minimum absolute atomic E-state index is 0.307. The predicted molar refractivity (Wildman–Crippen MR) is 116 cm³/mol. The van der Waals surface area contributed by atoms with Crippen molar-refractivity contribution in [2.45, 2.75) is 32.6 Å². The predicted octanol–water partition coefficient (Wildman–Crippen LogP) is 5.63. The molecule has 0 aliphatic heterocycles. The molecule has 29 heavy (non-hydrogen) atoms. The van der Waals surface area contributed by atoms with E-state index in [1.807, 2.05) is 58.0 Å². The highest BCUT2D eigenvalue weighted by Crippen LogP contribution is 2.38. The van der Waals surface area contributed by atoms with Crippen LogP contribution in [0.15, 0.2) is 51.8 Å². The molecule has 1 N–H and O–H groups in total. The van der Waals surface area contributed by atoms with Crippen LogP contribution in [0, 0.1) is 27.7 Å². The summed E-state index contributed by atoms with van der Waals surface area (Å²) in [6, 6.07) is 13.2. The van der Waals surface area contributed by atoms with Crippen molar-refractivity contribution < 1.29 is 17.6 Å². The number of nitrogens with one attached hydrogen (secondary N) is 1. The number of aryl methyl sites for hydroxylation is 2. The maximum atomic E-state index is 13.3. The number of fused-ring (bicyclic) bond motifs is 3. The zero-order chi connectivity index (χ0) is 20.9. The van der Waals surface area contributed by atoms with Crippen LogP contribution in [0.1, 0.15) is 22.3 Å². The molecule has 0 spiro atoms. The monoisotopic (exact) mass is 409 g/mol. The molecule has 0 unspecified atom stereocenters. The smallest absolute Gasteiger partial charge is 0.262 e. The maximum absolute atomic E-state index is 13.3. The molecule has 0 saturated heterocycles. The summed E-state index contributed by atoms with van der Waals surface area (Å²) in [6.07, 6.45) is 0. The number of sulfonamides is 1. The molecule has 0 aliphatic rings. The van der Waals surface area contributed by atoms with Crippen LogP contribution >= 0.6 is 0 Å². The van der Waals surface area contributed by atoms with Gasteiger partial charge in [-0.1, -0.05) is 24.3 Å². The Balaban J connectivity index is 1.88. The van der Waals surface area contributed by atoms with Crippen molar-refractivity contribution in [1.29, 1.82) is 0 Å². The summed E-state index contributed by atoms with van der Waals surface area (Å²) in [6.45, 7) is 7.50. The van der Waals surface area contributed by atoms with Crippen LogP contribution in [0.25, 0.3) is 21.9 Å². The fourth-order valence-corrected chi connectivity index (χ4v) is 5.46. The van der Waals surface area contributed by atoms with Crippen molar-refractivity contribution in [3.05, 3.63) is 64.7 Å². The summed E-state index contributed by atoms with van der Waals surface area (Å²) in [4.78, 5) is 0.307. The van der Waals surface area contributed by atoms with E-state index in [1.54, 1.807) is 12.1 Å². The summed E-state index contributed by atoms with van der Waals surface area (Å²) in [7, 11) is -2.30. The highest BCUT2D eigenvalue weighted by molar-refractivity contribution is 7.92. The Hall–Kier alpha value is -2.99. The number of hydrogen-bond donors (Lipinski definition) is 1. The first kappa shape index (κ1) is 19.3. The van der Waals surface area contributed by atoms with Gasteiger partial charge in [-0.2, -0.15) is 0 Å². The first-order chi connectivity index (χ1) is 13.7. The maximum Gasteiger partial charge on any atom is 0.262 e. The molecular weight excluding hydrogens is 386 g/mol. The Bertz CT molecular complexity index is 1340. The minimum atomic E-state index is -3.82. The van der Waals surface area contributed by atoms with E-state index in [9.17, 15) is 8.42 Å². The van der Waals surface area contributed by atoms with Crippen LogP contribution < -0.4 is 9.46 Å². The summed E-state index contributed by atoms with van der Waals surface area (Å²) in [5, 5.41) is 1.83. The second kappa shape index (κ2) is 6.81. The zero-order valence-corrected chi connectivity index (χ0v) is 17.9. The fourth-order valence-electron chi connectivity index (χ4n) is 3.78. The highest BCUT2D eigenvalue weighted by atomic mass is 32.2. The Morgan fingerprint density at radius 1 is 0.862 bits per heavy atom. The third-order valence-electron chi connectivity index (χ3n) is 5.51. The second-order valence-corrected chi connectivity index (χ2v) is 8.96. The Morgan fingerprint density at radius 3 is 2.17 bits per heavy atom. The number of hydrogen-bond acceptors (Lipinski definition) is 4. The SMILES string of the molecule is COc1cc2c(cc1NS(=O)(=O)c1c(C)c(C)cc(C)c1C)oc1ccccc12. The van der Waals surface area contributed by atoms with Crippen molar-refractivity contribution in [2.75, 3.05) is 11.8 Å². The van der Waals surface area contributed by atoms with Gasteiger partial charge in [-0.25, -0.2) is 8.42 Å². The second-order valence-electron chi connectivity index (χ2n) is 7.34. The van der Waals surface area contributed by atoms with Gasteiger partial charge in [-0.15, -0.1) is 0 Å². The van der Waals surface area contributed by atoms with Crippen LogP contribution in [-0.4, -0.2) is 15.5 Å². The quantitative estimate of drug-likeness (QED) is 0.474. The number of benzene rings is 3. The van der Waals surface area contributed by atoms with E-state index in [1.165, 1.54) is 7.11 Å². The van der Waals surface area contributed by atoms with Crippen LogP contribution in [0.4, 0.5) is 5.69 Å². The molecule has 0 fully saturated rings. The Labute approximate surface area is 170 Å². The minimum Gasteiger partial charge on any atom is -0.495 e. The van der Waals surface area contributed by atoms with Crippen molar-refractivity contribution >= 4 is 37.6 Å². The highest BCUT2D eigenvalue weighted by Gasteiger charge is 2.24. The van der Waals surface area contributed by atoms with Gasteiger partial charge in [0, 0.05) is 16.8 Å². The molecule has 4 aromatic rings. The lowest BCUT2D eigenvalue weighted by atomic mass is 10.0. The lowest BCUT2D eigenvalue weighted by Gasteiger charge is -2.18. The van der Waals surface area contributed by atoms with Crippen molar-refractivity contribution in [3.8, 4) is 5.75 Å².